The zero-order chi connectivity index (χ0) is 5.15. The molecular formula is C5H11KO. The molecule has 0 fully saturated rings. The molecule has 0 aromatic carbocycles. The van der Waals surface area contributed by atoms with Crippen molar-refractivity contribution in [3.8, 4) is 0 Å². The Morgan fingerprint density at radius 3 is 1.71 bits per heavy atom. The van der Waals surface area contributed by atoms with E-state index in [2.05, 4.69) is 0 Å². The summed E-state index contributed by atoms with van der Waals surface area (Å²) in [6, 6.07) is 0. The van der Waals surface area contributed by atoms with Gasteiger partial charge in [0.05, 0.1) is 0 Å². The summed E-state index contributed by atoms with van der Waals surface area (Å²) in [7, 11) is 0. The maximum atomic E-state index is 10.1. The molecule has 0 radical (unpaired) electrons. The fourth-order valence-corrected chi connectivity index (χ4v) is 0. The fourth-order valence-electron chi connectivity index (χ4n) is 0. The van der Waals surface area contributed by atoms with Crippen molar-refractivity contribution in [1.82, 2.24) is 0 Å². The molecule has 0 aliphatic carbocycles. The van der Waals surface area contributed by atoms with Crippen LogP contribution in [0, 0.1) is 5.92 Å². The minimum atomic E-state index is 0. The zero-order valence-corrected chi connectivity index (χ0v) is 8.61. The van der Waals surface area contributed by atoms with Crippen LogP contribution < -0.4 is 51.4 Å². The first kappa shape index (κ1) is 11.1. The minimum Gasteiger partial charge on any atom is -1.00 e. The van der Waals surface area contributed by atoms with Gasteiger partial charge >= 0.3 is 51.4 Å². The number of ketones is 1. The van der Waals surface area contributed by atoms with E-state index >= 15 is 0 Å². The molecule has 38 valence electrons. The predicted molar refractivity (Wildman–Crippen MR) is 26.6 cm³/mol. The third-order valence-corrected chi connectivity index (χ3v) is 0.813. The zero-order valence-electron chi connectivity index (χ0n) is 6.49. The van der Waals surface area contributed by atoms with Crippen molar-refractivity contribution >= 4 is 5.78 Å². The molecule has 2 heteroatoms. The van der Waals surface area contributed by atoms with Crippen molar-refractivity contribution in [2.75, 3.05) is 0 Å². The van der Waals surface area contributed by atoms with Crippen LogP contribution in [-0.2, 0) is 4.79 Å². The molecule has 0 aromatic rings. The standard InChI is InChI=1S/C5H10O.K.H/c1-4(2)5(3)6;;/h4H,1-3H3;;/q;+1;-1. The summed E-state index contributed by atoms with van der Waals surface area (Å²) in [6.07, 6.45) is 0. The van der Waals surface area contributed by atoms with E-state index < -0.39 is 0 Å². The molecule has 0 unspecified atom stereocenters. The van der Waals surface area contributed by atoms with Crippen LogP contribution in [0.3, 0.4) is 0 Å². The first-order valence-corrected chi connectivity index (χ1v) is 2.15. The molecule has 0 N–H and O–H groups in total. The second kappa shape index (κ2) is 5.44. The van der Waals surface area contributed by atoms with Gasteiger partial charge in [-0.1, -0.05) is 13.8 Å². The maximum absolute atomic E-state index is 10.1. The van der Waals surface area contributed by atoms with Gasteiger partial charge in [-0.05, 0) is 6.92 Å². The van der Waals surface area contributed by atoms with Gasteiger partial charge in [-0.2, -0.15) is 0 Å². The molecule has 0 aromatic heterocycles. The van der Waals surface area contributed by atoms with E-state index in [4.69, 9.17) is 0 Å². The van der Waals surface area contributed by atoms with Crippen LogP contribution in [0.2, 0.25) is 0 Å². The number of Topliss-reactive ketones (excluding diaryl/α,β-unsaturated/α-hetero) is 1. The van der Waals surface area contributed by atoms with Crippen LogP contribution >= 0.6 is 0 Å². The molecule has 0 saturated heterocycles. The van der Waals surface area contributed by atoms with E-state index in [1.807, 2.05) is 13.8 Å². The Morgan fingerprint density at radius 1 is 1.57 bits per heavy atom. The van der Waals surface area contributed by atoms with Crippen molar-refractivity contribution in [1.29, 1.82) is 0 Å². The molecule has 0 heterocycles. The van der Waals surface area contributed by atoms with Crippen molar-refractivity contribution in [2.24, 2.45) is 5.92 Å². The minimum absolute atomic E-state index is 0. The van der Waals surface area contributed by atoms with Crippen molar-refractivity contribution in [3.05, 3.63) is 0 Å². The number of hydrogen-bond acceptors (Lipinski definition) is 1. The molecule has 7 heavy (non-hydrogen) atoms. The summed E-state index contributed by atoms with van der Waals surface area (Å²) in [6.45, 7) is 5.38. The Kier molecular flexibility index (Phi) is 8.67. The molecule has 1 nitrogen and oxygen atoms in total. The summed E-state index contributed by atoms with van der Waals surface area (Å²) < 4.78 is 0. The Hall–Kier alpha value is 1.31. The summed E-state index contributed by atoms with van der Waals surface area (Å²) >= 11 is 0. The molecule has 0 aliphatic heterocycles. The Balaban J connectivity index is -0.000000125. The van der Waals surface area contributed by atoms with Gasteiger partial charge in [0.15, 0.2) is 0 Å². The van der Waals surface area contributed by atoms with Gasteiger partial charge in [0.1, 0.15) is 5.78 Å². The van der Waals surface area contributed by atoms with E-state index in [1.165, 1.54) is 0 Å². The SMILES string of the molecule is CC(=O)C(C)C.[H-].[K+]. The van der Waals surface area contributed by atoms with Gasteiger partial charge in [0, 0.05) is 5.92 Å². The summed E-state index contributed by atoms with van der Waals surface area (Å²) in [5.41, 5.74) is 0. The molecule has 0 rings (SSSR count). The van der Waals surface area contributed by atoms with Gasteiger partial charge in [-0.3, -0.25) is 4.79 Å². The third-order valence-electron chi connectivity index (χ3n) is 0.813. The predicted octanol–water partition coefficient (Wildman–Crippen LogP) is -1.65. The first-order chi connectivity index (χ1) is 2.64. The largest absolute Gasteiger partial charge is 1.00 e. The number of rotatable bonds is 1. The van der Waals surface area contributed by atoms with E-state index in [0.29, 0.717) is 0 Å². The normalized spacial score (nSPS) is 8.00. The molecule has 0 bridgehead atoms. The molecule has 0 atom stereocenters. The molecular weight excluding hydrogens is 115 g/mol. The monoisotopic (exact) mass is 126 g/mol. The van der Waals surface area contributed by atoms with E-state index in [1.54, 1.807) is 6.92 Å². The van der Waals surface area contributed by atoms with Crippen LogP contribution in [-0.4, -0.2) is 5.78 Å². The number of carbonyl (C=O) groups is 1. The van der Waals surface area contributed by atoms with E-state index in [9.17, 15) is 4.79 Å². The van der Waals surface area contributed by atoms with Crippen LogP contribution in [0.15, 0.2) is 0 Å². The quantitative estimate of drug-likeness (QED) is 0.385. The van der Waals surface area contributed by atoms with Crippen LogP contribution in [0.4, 0.5) is 0 Å². The summed E-state index contributed by atoms with van der Waals surface area (Å²) in [5, 5.41) is 0. The topological polar surface area (TPSA) is 17.1 Å². The van der Waals surface area contributed by atoms with Crippen molar-refractivity contribution in [2.45, 2.75) is 20.8 Å². The number of hydrogen-bond donors (Lipinski definition) is 0. The average Bonchev–Trinajstić information content (AvgIpc) is 1.36. The Morgan fingerprint density at radius 2 is 1.71 bits per heavy atom. The van der Waals surface area contributed by atoms with E-state index in [0.717, 1.165) is 0 Å². The molecule has 0 amide bonds. The van der Waals surface area contributed by atoms with E-state index in [-0.39, 0.29) is 64.5 Å². The second-order valence-electron chi connectivity index (χ2n) is 1.77. The molecule has 0 spiro atoms. The van der Waals surface area contributed by atoms with Crippen molar-refractivity contribution in [3.63, 3.8) is 0 Å². The third kappa shape index (κ3) is 7.31. The summed E-state index contributed by atoms with van der Waals surface area (Å²) in [4.78, 5) is 10.1. The van der Waals surface area contributed by atoms with Gasteiger partial charge in [0.25, 0.3) is 0 Å². The average molecular weight is 126 g/mol. The Bertz CT molecular complexity index is 63.4. The maximum Gasteiger partial charge on any atom is 1.00 e. The second-order valence-corrected chi connectivity index (χ2v) is 1.77. The first-order valence-electron chi connectivity index (χ1n) is 2.15. The Labute approximate surface area is 88.8 Å². The number of carbonyl (C=O) groups excluding carboxylic acids is 1. The van der Waals surface area contributed by atoms with Gasteiger partial charge in [-0.25, -0.2) is 0 Å². The smallest absolute Gasteiger partial charge is 1.00 e. The van der Waals surface area contributed by atoms with Crippen LogP contribution in [0.25, 0.3) is 0 Å². The van der Waals surface area contributed by atoms with Gasteiger partial charge in [-0.15, -0.1) is 0 Å². The van der Waals surface area contributed by atoms with Crippen LogP contribution in [0.5, 0.6) is 0 Å². The van der Waals surface area contributed by atoms with Crippen molar-refractivity contribution < 1.29 is 57.6 Å². The van der Waals surface area contributed by atoms with Gasteiger partial charge in [0.2, 0.25) is 0 Å². The molecule has 0 saturated carbocycles. The fraction of sp³-hybridized carbons (Fsp3) is 0.800. The van der Waals surface area contributed by atoms with Gasteiger partial charge < -0.3 is 1.43 Å². The summed E-state index contributed by atoms with van der Waals surface area (Å²) in [5.74, 6) is 0.472. The molecule has 0 aliphatic rings. The van der Waals surface area contributed by atoms with Crippen LogP contribution in [0.1, 0.15) is 22.2 Å².